The minimum absolute atomic E-state index is 0.755. The van der Waals surface area contributed by atoms with Gasteiger partial charge in [0.1, 0.15) is 0 Å². The molecular weight excluding hydrogens is 853 g/mol. The largest absolute Gasteiger partial charge is 0.255 e. The van der Waals surface area contributed by atoms with Crippen molar-refractivity contribution in [3.63, 3.8) is 0 Å². The van der Waals surface area contributed by atoms with Crippen LogP contribution in [0, 0.1) is 0 Å². The summed E-state index contributed by atoms with van der Waals surface area (Å²) in [7, 11) is 3.35. The van der Waals surface area contributed by atoms with E-state index in [1.54, 1.807) is 46.4 Å². The molecular formula is C54H36N10S2. The zero-order valence-corrected chi connectivity index (χ0v) is 36.7. The lowest BCUT2D eigenvalue weighted by Gasteiger charge is -2.09. The second-order valence-electron chi connectivity index (χ2n) is 14.8. The van der Waals surface area contributed by atoms with Crippen molar-refractivity contribution >= 4 is 44.3 Å². The molecule has 0 saturated heterocycles. The lowest BCUT2D eigenvalue weighted by molar-refractivity contribution is 1.22. The van der Waals surface area contributed by atoms with Gasteiger partial charge in [-0.25, -0.2) is 9.97 Å². The number of benzene rings is 4. The summed E-state index contributed by atoms with van der Waals surface area (Å²) in [6.07, 6.45) is 7.10. The third-order valence-electron chi connectivity index (χ3n) is 10.2. The van der Waals surface area contributed by atoms with Crippen molar-refractivity contribution < 1.29 is 0 Å². The van der Waals surface area contributed by atoms with Gasteiger partial charge < -0.3 is 0 Å². The Balaban J connectivity index is 0.742. The molecule has 0 unspecified atom stereocenters. The molecule has 6 aromatic heterocycles. The molecule has 0 radical (unpaired) electrons. The van der Waals surface area contributed by atoms with E-state index in [0.29, 0.717) is 0 Å². The number of aromatic nitrogens is 6. The Labute approximate surface area is 389 Å². The maximum Gasteiger partial charge on any atom is 0.0900 e. The molecule has 0 fully saturated rings. The number of azo groups is 2. The lowest BCUT2D eigenvalue weighted by Crippen LogP contribution is -1.93. The monoisotopic (exact) mass is 888 g/mol. The average Bonchev–Trinajstić information content (AvgIpc) is 3.40. The highest BCUT2D eigenvalue weighted by atomic mass is 33.1. The van der Waals surface area contributed by atoms with Gasteiger partial charge in [0.2, 0.25) is 0 Å². The highest BCUT2D eigenvalue weighted by Crippen LogP contribution is 2.39. The van der Waals surface area contributed by atoms with Crippen LogP contribution < -0.4 is 0 Å². The van der Waals surface area contributed by atoms with Crippen molar-refractivity contribution in [2.24, 2.45) is 20.5 Å². The fourth-order valence-electron chi connectivity index (χ4n) is 6.88. The van der Waals surface area contributed by atoms with Crippen molar-refractivity contribution in [3.05, 3.63) is 219 Å². The predicted octanol–water partition coefficient (Wildman–Crippen LogP) is 15.7. The van der Waals surface area contributed by atoms with Crippen molar-refractivity contribution in [1.29, 1.82) is 0 Å². The summed E-state index contributed by atoms with van der Waals surface area (Å²) in [4.78, 5) is 30.1. The summed E-state index contributed by atoms with van der Waals surface area (Å²) in [6, 6.07) is 63.6. The maximum absolute atomic E-state index is 4.88. The van der Waals surface area contributed by atoms with Crippen LogP contribution in [0.15, 0.2) is 249 Å². The van der Waals surface area contributed by atoms with Gasteiger partial charge in [0.25, 0.3) is 0 Å². The molecule has 10 aromatic rings. The Kier molecular flexibility index (Phi) is 12.6. The zero-order valence-electron chi connectivity index (χ0n) is 35.1. The van der Waals surface area contributed by atoms with Crippen LogP contribution in [0.4, 0.5) is 22.7 Å². The summed E-state index contributed by atoms with van der Waals surface area (Å²) in [5.41, 5.74) is 13.5. The molecule has 0 atom stereocenters. The van der Waals surface area contributed by atoms with Crippen LogP contribution in [0.2, 0.25) is 0 Å². The second kappa shape index (κ2) is 20.0. The summed E-state index contributed by atoms with van der Waals surface area (Å²) in [6.45, 7) is 0. The highest BCUT2D eigenvalue weighted by Gasteiger charge is 2.12. The Bertz CT molecular complexity index is 2910. The van der Waals surface area contributed by atoms with Crippen LogP contribution in [0.25, 0.3) is 67.8 Å². The number of rotatable bonds is 13. The van der Waals surface area contributed by atoms with Crippen LogP contribution in [0.1, 0.15) is 0 Å². The topological polar surface area (TPSA) is 127 Å². The second-order valence-corrected chi connectivity index (χ2v) is 17.0. The maximum atomic E-state index is 4.88. The van der Waals surface area contributed by atoms with Gasteiger partial charge in [-0.15, -0.1) is 0 Å². The molecule has 0 aliphatic heterocycles. The lowest BCUT2D eigenvalue weighted by atomic mass is 10.0. The highest BCUT2D eigenvalue weighted by molar-refractivity contribution is 8.76. The van der Waals surface area contributed by atoms with E-state index in [1.165, 1.54) is 0 Å². The third-order valence-corrected chi connectivity index (χ3v) is 12.6. The molecule has 10 rings (SSSR count). The van der Waals surface area contributed by atoms with Gasteiger partial charge in [-0.1, -0.05) is 70.1 Å². The van der Waals surface area contributed by atoms with E-state index in [-0.39, 0.29) is 0 Å². The Hall–Kier alpha value is -8.32. The Morgan fingerprint density at radius 1 is 0.258 bits per heavy atom. The van der Waals surface area contributed by atoms with Crippen LogP contribution >= 0.6 is 21.6 Å². The number of hydrogen-bond donors (Lipinski definition) is 0. The molecule has 0 spiro atoms. The first-order valence-corrected chi connectivity index (χ1v) is 23.1. The van der Waals surface area contributed by atoms with Gasteiger partial charge in [-0.05, 0) is 168 Å². The summed E-state index contributed by atoms with van der Waals surface area (Å²) in [5, 5.41) is 18.0. The number of pyridine rings is 6. The van der Waals surface area contributed by atoms with Gasteiger partial charge in [0.15, 0.2) is 0 Å². The molecule has 10 nitrogen and oxygen atoms in total. The first-order chi connectivity index (χ1) is 32.6. The van der Waals surface area contributed by atoms with Crippen molar-refractivity contribution in [1.82, 2.24) is 29.9 Å². The quantitative estimate of drug-likeness (QED) is 0.0827. The molecule has 0 N–H and O–H groups in total. The molecule has 12 heteroatoms. The molecule has 314 valence electrons. The molecule has 0 saturated carbocycles. The van der Waals surface area contributed by atoms with Crippen LogP contribution in [0.5, 0.6) is 0 Å². The molecule has 0 amide bonds. The van der Waals surface area contributed by atoms with Gasteiger partial charge in [-0.2, -0.15) is 20.5 Å². The smallest absolute Gasteiger partial charge is 0.0900 e. The van der Waals surface area contributed by atoms with E-state index in [2.05, 4.69) is 88.9 Å². The molecule has 0 aliphatic carbocycles. The van der Waals surface area contributed by atoms with E-state index in [9.17, 15) is 0 Å². The zero-order chi connectivity index (χ0) is 44.3. The predicted molar refractivity (Wildman–Crippen MR) is 265 cm³/mol. The van der Waals surface area contributed by atoms with Gasteiger partial charge >= 0.3 is 0 Å². The minimum atomic E-state index is 0.755. The van der Waals surface area contributed by atoms with E-state index in [4.69, 9.17) is 9.97 Å². The summed E-state index contributed by atoms with van der Waals surface area (Å²) in [5.74, 6) is 0. The van der Waals surface area contributed by atoms with E-state index >= 15 is 0 Å². The first-order valence-electron chi connectivity index (χ1n) is 20.9. The van der Waals surface area contributed by atoms with E-state index in [0.717, 1.165) is 100 Å². The van der Waals surface area contributed by atoms with Crippen LogP contribution in [-0.4, -0.2) is 29.9 Å². The van der Waals surface area contributed by atoms with Crippen molar-refractivity contribution in [2.45, 2.75) is 9.79 Å². The molecule has 0 aliphatic rings. The van der Waals surface area contributed by atoms with Crippen LogP contribution in [0.3, 0.4) is 0 Å². The summed E-state index contributed by atoms with van der Waals surface area (Å²) < 4.78 is 0. The van der Waals surface area contributed by atoms with Crippen LogP contribution in [-0.2, 0) is 0 Å². The standard InChI is InChI=1S/C54H36N10S2/c1-5-29-55-47(9-1)51-33-39(34-52(59-51)48-10-2-6-30-56-48)37-13-17-41(18-14-37)61-63-43-21-25-45(26-22-43)65-66-46-27-23-44(24-28-46)64-62-42-19-15-38(16-20-42)40-35-53(49-11-3-7-31-57-49)60-54(36-40)50-12-4-8-32-58-50/h1-36H/b63-61+,64-62+. The molecule has 6 heterocycles. The molecule has 66 heavy (non-hydrogen) atoms. The average molecular weight is 889 g/mol. The Morgan fingerprint density at radius 3 is 0.788 bits per heavy atom. The number of hydrogen-bond acceptors (Lipinski definition) is 12. The molecule has 4 aromatic carbocycles. The summed E-state index contributed by atoms with van der Waals surface area (Å²) >= 11 is 0. The fraction of sp³-hybridized carbons (Fsp3) is 0. The van der Waals surface area contributed by atoms with E-state index < -0.39 is 0 Å². The Morgan fingerprint density at radius 2 is 0.530 bits per heavy atom. The normalized spacial score (nSPS) is 11.3. The SMILES string of the molecule is c1ccc(-c2cc(-c3ccc(/N=N/c4ccc(SSc5ccc(/N=N/c6ccc(-c7cc(-c8ccccn8)nc(-c8ccccn8)c7)cc6)cc5)cc4)cc3)cc(-c3ccccn3)n2)nc1. The van der Waals surface area contributed by atoms with Gasteiger partial charge in [0.05, 0.1) is 68.3 Å². The fourth-order valence-corrected chi connectivity index (χ4v) is 8.81. The molecule has 0 bridgehead atoms. The van der Waals surface area contributed by atoms with Crippen molar-refractivity contribution in [2.75, 3.05) is 0 Å². The van der Waals surface area contributed by atoms with Gasteiger partial charge in [0, 0.05) is 34.6 Å². The minimum Gasteiger partial charge on any atom is -0.255 e. The van der Waals surface area contributed by atoms with Crippen molar-refractivity contribution in [3.8, 4) is 67.8 Å². The first kappa shape index (κ1) is 41.7. The van der Waals surface area contributed by atoms with E-state index in [1.807, 2.05) is 146 Å². The third kappa shape index (κ3) is 10.4. The number of nitrogens with zero attached hydrogens (tertiary/aromatic N) is 10. The van der Waals surface area contributed by atoms with Gasteiger partial charge in [-0.3, -0.25) is 19.9 Å².